The Bertz CT molecular complexity index is 855. The van der Waals surface area contributed by atoms with E-state index in [0.29, 0.717) is 43.6 Å². The molecule has 8 heteroatoms. The number of nitrogens with zero attached hydrogens (tertiary/aromatic N) is 4. The number of hydrogen-bond acceptors (Lipinski definition) is 6. The molecule has 1 aromatic rings. The van der Waals surface area contributed by atoms with E-state index in [0.717, 1.165) is 32.4 Å². The number of likely N-dealkylation sites (tertiary alicyclic amines) is 1. The second kappa shape index (κ2) is 9.65. The normalized spacial score (nSPS) is 24.6. The molecule has 0 radical (unpaired) electrons. The zero-order valence-corrected chi connectivity index (χ0v) is 17.8. The second-order valence-electron chi connectivity index (χ2n) is 7.67. The fourth-order valence-corrected chi connectivity index (χ4v) is 5.36. The van der Waals surface area contributed by atoms with Crippen LogP contribution in [0.2, 0.25) is 0 Å². The highest BCUT2D eigenvalue weighted by atomic mass is 32.2. The van der Waals surface area contributed by atoms with Crippen LogP contribution in [0.4, 0.5) is 5.69 Å². The number of piperidine rings is 1. The number of para-hydroxylation sites is 1. The van der Waals surface area contributed by atoms with Crippen molar-refractivity contribution in [3.05, 3.63) is 40.9 Å². The lowest BCUT2D eigenvalue weighted by Gasteiger charge is -2.28. The molecule has 1 atom stereocenters. The largest absolute Gasteiger partial charge is 0.379 e. The summed E-state index contributed by atoms with van der Waals surface area (Å²) in [6.45, 7) is 4.80. The van der Waals surface area contributed by atoms with Gasteiger partial charge in [-0.05, 0) is 31.4 Å². The molecule has 3 aliphatic rings. The smallest absolute Gasteiger partial charge is 0.267 e. The van der Waals surface area contributed by atoms with Crippen LogP contribution in [0.15, 0.2) is 40.9 Å². The summed E-state index contributed by atoms with van der Waals surface area (Å²) in [7, 11) is 0. The first kappa shape index (κ1) is 20.9. The molecular formula is C22H26N4O3S. The van der Waals surface area contributed by atoms with Gasteiger partial charge >= 0.3 is 0 Å². The summed E-state index contributed by atoms with van der Waals surface area (Å²) < 4.78 is 5.41. The minimum absolute atomic E-state index is 0.0728. The highest BCUT2D eigenvalue weighted by Crippen LogP contribution is 2.41. The summed E-state index contributed by atoms with van der Waals surface area (Å²) >= 11 is 1.34. The first-order chi connectivity index (χ1) is 14.7. The van der Waals surface area contributed by atoms with Gasteiger partial charge in [0.25, 0.3) is 5.91 Å². The van der Waals surface area contributed by atoms with Gasteiger partial charge in [-0.1, -0.05) is 30.0 Å². The lowest BCUT2D eigenvalue weighted by Crippen LogP contribution is -2.43. The van der Waals surface area contributed by atoms with Gasteiger partial charge in [-0.15, -0.1) is 0 Å². The van der Waals surface area contributed by atoms with Crippen molar-refractivity contribution in [2.24, 2.45) is 0 Å². The van der Waals surface area contributed by atoms with Gasteiger partial charge in [0.2, 0.25) is 5.91 Å². The number of thioether (sulfide) groups is 1. The van der Waals surface area contributed by atoms with Gasteiger partial charge in [0.05, 0.1) is 13.2 Å². The lowest BCUT2D eigenvalue weighted by molar-refractivity contribution is -0.127. The zero-order valence-electron chi connectivity index (χ0n) is 17.0. The molecule has 0 spiro atoms. The van der Waals surface area contributed by atoms with Crippen LogP contribution in [0.25, 0.3) is 0 Å². The van der Waals surface area contributed by atoms with Gasteiger partial charge in [-0.25, -0.2) is 0 Å². The Morgan fingerprint density at radius 1 is 1.10 bits per heavy atom. The fourth-order valence-electron chi connectivity index (χ4n) is 4.05. The molecule has 0 saturated carbocycles. The van der Waals surface area contributed by atoms with E-state index in [-0.39, 0.29) is 22.6 Å². The van der Waals surface area contributed by atoms with E-state index in [1.54, 1.807) is 9.80 Å². The number of morpholine rings is 1. The number of rotatable bonds is 4. The quantitative estimate of drug-likeness (QED) is 0.543. The summed E-state index contributed by atoms with van der Waals surface area (Å²) in [5.41, 5.74) is 0.761. The van der Waals surface area contributed by atoms with Crippen molar-refractivity contribution in [3.8, 4) is 6.07 Å². The van der Waals surface area contributed by atoms with E-state index in [4.69, 9.17) is 4.74 Å². The maximum Gasteiger partial charge on any atom is 0.267 e. The summed E-state index contributed by atoms with van der Waals surface area (Å²) in [5.74, 6) is -0.340. The predicted octanol–water partition coefficient (Wildman–Crippen LogP) is 2.21. The number of ether oxygens (including phenoxy) is 1. The predicted molar refractivity (Wildman–Crippen MR) is 116 cm³/mol. The Kier molecular flexibility index (Phi) is 6.72. The average molecular weight is 427 g/mol. The van der Waals surface area contributed by atoms with Gasteiger partial charge in [0.1, 0.15) is 21.9 Å². The van der Waals surface area contributed by atoms with Crippen LogP contribution in [0, 0.1) is 11.3 Å². The van der Waals surface area contributed by atoms with Crippen molar-refractivity contribution >= 4 is 29.3 Å². The van der Waals surface area contributed by atoms with Gasteiger partial charge in [-0.3, -0.25) is 19.4 Å². The molecule has 30 heavy (non-hydrogen) atoms. The van der Waals surface area contributed by atoms with Crippen molar-refractivity contribution < 1.29 is 14.3 Å². The zero-order chi connectivity index (χ0) is 20.9. The fraction of sp³-hybridized carbons (Fsp3) is 0.500. The molecule has 0 bridgehead atoms. The highest BCUT2D eigenvalue weighted by Gasteiger charge is 2.42. The average Bonchev–Trinajstić information content (AvgIpc) is 3.11. The van der Waals surface area contributed by atoms with Crippen LogP contribution < -0.4 is 4.90 Å². The van der Waals surface area contributed by atoms with Crippen molar-refractivity contribution in [3.63, 3.8) is 0 Å². The van der Waals surface area contributed by atoms with Crippen molar-refractivity contribution in [1.82, 2.24) is 9.80 Å². The molecule has 0 aromatic heterocycles. The Balaban J connectivity index is 1.66. The maximum atomic E-state index is 13.4. The van der Waals surface area contributed by atoms with E-state index < -0.39 is 0 Å². The molecule has 1 aromatic carbocycles. The van der Waals surface area contributed by atoms with E-state index in [9.17, 15) is 14.9 Å². The van der Waals surface area contributed by atoms with Crippen LogP contribution in [0.1, 0.15) is 19.3 Å². The van der Waals surface area contributed by atoms with Crippen LogP contribution in [-0.4, -0.2) is 72.8 Å². The van der Waals surface area contributed by atoms with Gasteiger partial charge in [0.15, 0.2) is 0 Å². The first-order valence-corrected chi connectivity index (χ1v) is 11.4. The van der Waals surface area contributed by atoms with Gasteiger partial charge in [-0.2, -0.15) is 5.26 Å². The third-order valence-corrected chi connectivity index (χ3v) is 6.92. The summed E-state index contributed by atoms with van der Waals surface area (Å²) in [6.07, 6.45) is 3.01. The topological polar surface area (TPSA) is 76.9 Å². The number of carbonyl (C=O) groups is 2. The van der Waals surface area contributed by atoms with Crippen LogP contribution in [0.3, 0.4) is 0 Å². The first-order valence-electron chi connectivity index (χ1n) is 10.5. The van der Waals surface area contributed by atoms with Crippen molar-refractivity contribution in [1.29, 1.82) is 5.26 Å². The number of benzene rings is 1. The Morgan fingerprint density at radius 3 is 2.47 bits per heavy atom. The standard InChI is InChI=1S/C22H26N4O3S/c23-15-18(20(27)25-9-5-2-6-10-25)22-26(17-7-3-1-4-8-17)21(28)19(30-22)16-24-11-13-29-14-12-24/h1,3-4,7-8,19H,2,5-6,9-14,16H2/b22-18-. The van der Waals surface area contributed by atoms with E-state index >= 15 is 0 Å². The maximum absolute atomic E-state index is 13.4. The van der Waals surface area contributed by atoms with Gasteiger partial charge in [0, 0.05) is 38.4 Å². The number of amides is 2. The molecular weight excluding hydrogens is 400 g/mol. The Morgan fingerprint density at radius 2 is 1.80 bits per heavy atom. The van der Waals surface area contributed by atoms with Gasteiger partial charge < -0.3 is 9.64 Å². The highest BCUT2D eigenvalue weighted by molar-refractivity contribution is 8.05. The Hall–Kier alpha value is -2.34. The molecule has 3 heterocycles. The number of carbonyl (C=O) groups excluding carboxylic acids is 2. The third kappa shape index (κ3) is 4.38. The molecule has 7 nitrogen and oxygen atoms in total. The van der Waals surface area contributed by atoms with E-state index in [1.807, 2.05) is 30.3 Å². The third-order valence-electron chi connectivity index (χ3n) is 5.68. The molecule has 4 rings (SSSR count). The molecule has 0 N–H and O–H groups in total. The minimum Gasteiger partial charge on any atom is -0.379 e. The summed E-state index contributed by atoms with van der Waals surface area (Å²) in [5, 5.41) is 10.0. The van der Waals surface area contributed by atoms with Crippen molar-refractivity contribution in [2.45, 2.75) is 24.5 Å². The molecule has 3 saturated heterocycles. The molecule has 158 valence electrons. The summed E-state index contributed by atoms with van der Waals surface area (Å²) in [6, 6.07) is 11.4. The van der Waals surface area contributed by atoms with E-state index in [2.05, 4.69) is 11.0 Å². The monoisotopic (exact) mass is 426 g/mol. The number of hydrogen-bond donors (Lipinski definition) is 0. The SMILES string of the molecule is N#C/C(C(=O)N1CCCCC1)=C1/SC(CN2CCOCC2)C(=O)N1c1ccccc1. The molecule has 3 aliphatic heterocycles. The molecule has 0 aliphatic carbocycles. The Labute approximate surface area is 181 Å². The van der Waals surface area contributed by atoms with Crippen LogP contribution >= 0.6 is 11.8 Å². The number of nitriles is 1. The number of anilines is 1. The lowest BCUT2D eigenvalue weighted by atomic mass is 10.1. The van der Waals surface area contributed by atoms with Crippen LogP contribution in [-0.2, 0) is 14.3 Å². The van der Waals surface area contributed by atoms with Crippen LogP contribution in [0.5, 0.6) is 0 Å². The molecule has 2 amide bonds. The molecule has 1 unspecified atom stereocenters. The van der Waals surface area contributed by atoms with Crippen molar-refractivity contribution in [2.75, 3.05) is 50.8 Å². The van der Waals surface area contributed by atoms with E-state index in [1.165, 1.54) is 11.8 Å². The molecule has 3 fully saturated rings. The summed E-state index contributed by atoms with van der Waals surface area (Å²) in [4.78, 5) is 32.1. The minimum atomic E-state index is -0.351. The second-order valence-corrected chi connectivity index (χ2v) is 8.86.